The molecule has 0 unspecified atom stereocenters. The standard InChI is InChI=1S/C8H10OS/c1-2-7(9)8-5-3-4-6-10-8/h2,5H,1,3-4,6H2. The van der Waals surface area contributed by atoms with Crippen molar-refractivity contribution in [3.05, 3.63) is 23.6 Å². The fraction of sp³-hybridized carbons (Fsp3) is 0.375. The Hall–Kier alpha value is -0.500. The first-order valence-corrected chi connectivity index (χ1v) is 4.33. The van der Waals surface area contributed by atoms with Crippen molar-refractivity contribution in [1.29, 1.82) is 0 Å². The number of allylic oxidation sites excluding steroid dienone is 3. The summed E-state index contributed by atoms with van der Waals surface area (Å²) in [5.74, 6) is 1.15. The zero-order valence-electron chi connectivity index (χ0n) is 5.80. The Morgan fingerprint density at radius 2 is 2.60 bits per heavy atom. The van der Waals surface area contributed by atoms with E-state index in [9.17, 15) is 4.79 Å². The molecule has 1 nitrogen and oxygen atoms in total. The summed E-state index contributed by atoms with van der Waals surface area (Å²) in [6.07, 6.45) is 5.61. The summed E-state index contributed by atoms with van der Waals surface area (Å²) in [4.78, 5) is 11.8. The SMILES string of the molecule is C=CC(=O)C1=CCCCS1. The molecule has 0 saturated heterocycles. The third kappa shape index (κ3) is 1.74. The van der Waals surface area contributed by atoms with E-state index in [4.69, 9.17) is 0 Å². The van der Waals surface area contributed by atoms with Gasteiger partial charge in [-0.05, 0) is 24.7 Å². The molecule has 1 heterocycles. The first-order valence-electron chi connectivity index (χ1n) is 3.34. The van der Waals surface area contributed by atoms with E-state index in [1.807, 2.05) is 6.08 Å². The summed E-state index contributed by atoms with van der Waals surface area (Å²) in [6, 6.07) is 0. The Labute approximate surface area is 65.2 Å². The van der Waals surface area contributed by atoms with Crippen LogP contribution in [0.25, 0.3) is 0 Å². The van der Waals surface area contributed by atoms with Crippen LogP contribution < -0.4 is 0 Å². The Morgan fingerprint density at radius 3 is 3.10 bits per heavy atom. The van der Waals surface area contributed by atoms with Crippen molar-refractivity contribution in [3.63, 3.8) is 0 Å². The molecule has 1 aliphatic heterocycles. The maximum Gasteiger partial charge on any atom is 0.191 e. The molecule has 2 heteroatoms. The molecular formula is C8H10OS. The van der Waals surface area contributed by atoms with Gasteiger partial charge in [-0.15, -0.1) is 11.8 Å². The highest BCUT2D eigenvalue weighted by atomic mass is 32.2. The van der Waals surface area contributed by atoms with Crippen molar-refractivity contribution in [2.45, 2.75) is 12.8 Å². The summed E-state index contributed by atoms with van der Waals surface area (Å²) in [7, 11) is 0. The van der Waals surface area contributed by atoms with Crippen molar-refractivity contribution in [3.8, 4) is 0 Å². The minimum absolute atomic E-state index is 0.0738. The predicted octanol–water partition coefficient (Wildman–Crippen LogP) is 2.15. The van der Waals surface area contributed by atoms with Gasteiger partial charge in [-0.3, -0.25) is 4.79 Å². The molecule has 0 bridgehead atoms. The first kappa shape index (κ1) is 7.61. The molecule has 0 aromatic carbocycles. The Balaban J connectivity index is 2.61. The Kier molecular flexibility index (Phi) is 2.75. The molecule has 54 valence electrons. The largest absolute Gasteiger partial charge is 0.289 e. The number of carbonyl (C=O) groups is 1. The van der Waals surface area contributed by atoms with E-state index in [2.05, 4.69) is 6.58 Å². The minimum atomic E-state index is 0.0738. The van der Waals surface area contributed by atoms with Crippen LogP contribution in [0.4, 0.5) is 0 Å². The fourth-order valence-corrected chi connectivity index (χ4v) is 1.82. The number of rotatable bonds is 2. The highest BCUT2D eigenvalue weighted by Crippen LogP contribution is 2.24. The van der Waals surface area contributed by atoms with E-state index >= 15 is 0 Å². The van der Waals surface area contributed by atoms with E-state index in [0.29, 0.717) is 0 Å². The van der Waals surface area contributed by atoms with E-state index in [1.54, 1.807) is 11.8 Å². The van der Waals surface area contributed by atoms with Gasteiger partial charge >= 0.3 is 0 Å². The topological polar surface area (TPSA) is 17.1 Å². The molecule has 0 spiro atoms. The van der Waals surface area contributed by atoms with Crippen LogP contribution in [0.2, 0.25) is 0 Å². The van der Waals surface area contributed by atoms with Gasteiger partial charge in [0.2, 0.25) is 0 Å². The van der Waals surface area contributed by atoms with Gasteiger partial charge < -0.3 is 0 Å². The number of hydrogen-bond donors (Lipinski definition) is 0. The van der Waals surface area contributed by atoms with Gasteiger partial charge in [0.15, 0.2) is 5.78 Å². The van der Waals surface area contributed by atoms with Crippen LogP contribution in [-0.4, -0.2) is 11.5 Å². The van der Waals surface area contributed by atoms with Gasteiger partial charge in [-0.1, -0.05) is 12.7 Å². The van der Waals surface area contributed by atoms with Crippen LogP contribution in [-0.2, 0) is 4.79 Å². The molecule has 1 rings (SSSR count). The fourth-order valence-electron chi connectivity index (χ4n) is 0.830. The number of hydrogen-bond acceptors (Lipinski definition) is 2. The quantitative estimate of drug-likeness (QED) is 0.567. The van der Waals surface area contributed by atoms with Crippen LogP contribution in [0.5, 0.6) is 0 Å². The lowest BCUT2D eigenvalue weighted by Crippen LogP contribution is -1.99. The second kappa shape index (κ2) is 3.62. The van der Waals surface area contributed by atoms with Gasteiger partial charge in [0.1, 0.15) is 0 Å². The molecule has 1 aliphatic rings. The van der Waals surface area contributed by atoms with E-state index in [1.165, 1.54) is 12.5 Å². The van der Waals surface area contributed by atoms with Crippen LogP contribution >= 0.6 is 11.8 Å². The molecule has 0 fully saturated rings. The van der Waals surface area contributed by atoms with Gasteiger partial charge in [-0.25, -0.2) is 0 Å². The first-order chi connectivity index (χ1) is 4.84. The van der Waals surface area contributed by atoms with Crippen LogP contribution in [0.15, 0.2) is 23.6 Å². The zero-order chi connectivity index (χ0) is 7.40. The second-order valence-electron chi connectivity index (χ2n) is 2.13. The molecule has 0 aliphatic carbocycles. The lowest BCUT2D eigenvalue weighted by molar-refractivity contribution is -0.110. The molecule has 0 aromatic rings. The van der Waals surface area contributed by atoms with Crippen LogP contribution in [0, 0.1) is 0 Å². The molecule has 0 amide bonds. The van der Waals surface area contributed by atoms with E-state index < -0.39 is 0 Å². The second-order valence-corrected chi connectivity index (χ2v) is 3.26. The molecule has 0 aromatic heterocycles. The minimum Gasteiger partial charge on any atom is -0.289 e. The summed E-state index contributed by atoms with van der Waals surface area (Å²) in [5.41, 5.74) is 0. The average molecular weight is 154 g/mol. The van der Waals surface area contributed by atoms with Crippen LogP contribution in [0.1, 0.15) is 12.8 Å². The summed E-state index contributed by atoms with van der Waals surface area (Å²) in [5, 5.41) is 0. The molecule has 0 N–H and O–H groups in total. The monoisotopic (exact) mass is 154 g/mol. The molecule has 0 atom stereocenters. The summed E-state index contributed by atoms with van der Waals surface area (Å²) >= 11 is 1.64. The number of thioether (sulfide) groups is 1. The third-order valence-corrected chi connectivity index (χ3v) is 2.54. The lowest BCUT2D eigenvalue weighted by Gasteiger charge is -2.07. The highest BCUT2D eigenvalue weighted by molar-refractivity contribution is 8.04. The van der Waals surface area contributed by atoms with Crippen molar-refractivity contribution in [1.82, 2.24) is 0 Å². The van der Waals surface area contributed by atoms with Crippen LogP contribution in [0.3, 0.4) is 0 Å². The van der Waals surface area contributed by atoms with Crippen molar-refractivity contribution < 1.29 is 4.79 Å². The maximum atomic E-state index is 11.0. The highest BCUT2D eigenvalue weighted by Gasteiger charge is 2.08. The molecule has 0 radical (unpaired) electrons. The van der Waals surface area contributed by atoms with Crippen molar-refractivity contribution in [2.24, 2.45) is 0 Å². The van der Waals surface area contributed by atoms with Gasteiger partial charge in [0.05, 0.1) is 4.91 Å². The Morgan fingerprint density at radius 1 is 1.80 bits per heavy atom. The van der Waals surface area contributed by atoms with Crippen molar-refractivity contribution >= 4 is 17.5 Å². The normalized spacial score (nSPS) is 17.8. The maximum absolute atomic E-state index is 11.0. The Bertz CT molecular complexity index is 182. The summed E-state index contributed by atoms with van der Waals surface area (Å²) < 4.78 is 0. The number of carbonyl (C=O) groups excluding carboxylic acids is 1. The van der Waals surface area contributed by atoms with Gasteiger partial charge in [0.25, 0.3) is 0 Å². The van der Waals surface area contributed by atoms with Crippen molar-refractivity contribution in [2.75, 3.05) is 5.75 Å². The van der Waals surface area contributed by atoms with E-state index in [-0.39, 0.29) is 5.78 Å². The molecule has 0 saturated carbocycles. The number of ketones is 1. The van der Waals surface area contributed by atoms with Gasteiger partial charge in [-0.2, -0.15) is 0 Å². The lowest BCUT2D eigenvalue weighted by atomic mass is 10.2. The smallest absolute Gasteiger partial charge is 0.191 e. The molecule has 10 heavy (non-hydrogen) atoms. The zero-order valence-corrected chi connectivity index (χ0v) is 6.62. The summed E-state index contributed by atoms with van der Waals surface area (Å²) in [6.45, 7) is 3.43. The predicted molar refractivity (Wildman–Crippen MR) is 45.0 cm³/mol. The third-order valence-electron chi connectivity index (χ3n) is 1.36. The van der Waals surface area contributed by atoms with Gasteiger partial charge in [0, 0.05) is 0 Å². The molecular weight excluding hydrogens is 144 g/mol. The average Bonchev–Trinajstić information content (AvgIpc) is 2.05. The van der Waals surface area contributed by atoms with E-state index in [0.717, 1.165) is 17.1 Å².